The molecular weight excluding hydrogens is 368 g/mol. The Morgan fingerprint density at radius 3 is 2.17 bits per heavy atom. The van der Waals surface area contributed by atoms with E-state index in [2.05, 4.69) is 28.2 Å². The molecule has 1 rings (SSSR count). The molecule has 164 valence electrons. The molecule has 6 heteroatoms. The molecule has 2 N–H and O–H groups in total. The number of H-pyrrole nitrogens is 1. The van der Waals surface area contributed by atoms with Gasteiger partial charge in [0.2, 0.25) is 6.41 Å². The van der Waals surface area contributed by atoms with Gasteiger partial charge in [-0.1, -0.05) is 37.8 Å². The third-order valence-corrected chi connectivity index (χ3v) is 3.75. The van der Waals surface area contributed by atoms with E-state index in [9.17, 15) is 14.4 Å². The average Bonchev–Trinajstić information content (AvgIpc) is 3.15. The summed E-state index contributed by atoms with van der Waals surface area (Å²) >= 11 is 0. The molecule has 1 amide bonds. The molecule has 0 unspecified atom stereocenters. The van der Waals surface area contributed by atoms with Crippen LogP contribution in [0, 0.1) is 6.92 Å². The Morgan fingerprint density at radius 1 is 1.10 bits per heavy atom. The number of aryl methyl sites for hydroxylation is 1. The highest BCUT2D eigenvalue weighted by atomic mass is 16.5. The molecule has 0 saturated carbocycles. The number of ether oxygens (including phenoxy) is 1. The minimum Gasteiger partial charge on any atom is -0.468 e. The van der Waals surface area contributed by atoms with Gasteiger partial charge in [0.15, 0.2) is 5.78 Å². The van der Waals surface area contributed by atoms with Gasteiger partial charge in [0, 0.05) is 12.1 Å². The maximum Gasteiger partial charge on any atom is 0.325 e. The number of hydrogen-bond acceptors (Lipinski definition) is 4. The molecule has 1 aromatic rings. The fourth-order valence-corrected chi connectivity index (χ4v) is 2.28. The van der Waals surface area contributed by atoms with Crippen LogP contribution in [0.2, 0.25) is 0 Å². The quantitative estimate of drug-likeness (QED) is 0.160. The molecule has 0 radical (unpaired) electrons. The van der Waals surface area contributed by atoms with E-state index >= 15 is 0 Å². The second-order valence-corrected chi connectivity index (χ2v) is 6.41. The Balaban J connectivity index is 0. The molecule has 0 aliphatic heterocycles. The summed E-state index contributed by atoms with van der Waals surface area (Å²) in [6.45, 7) is 10.9. The number of nitrogens with one attached hydrogen (secondary N) is 2. The van der Waals surface area contributed by atoms with E-state index in [4.69, 9.17) is 0 Å². The van der Waals surface area contributed by atoms with Gasteiger partial charge >= 0.3 is 5.97 Å². The Kier molecular flexibility index (Phi) is 21.4. The lowest BCUT2D eigenvalue weighted by Crippen LogP contribution is -2.21. The summed E-state index contributed by atoms with van der Waals surface area (Å²) in [6, 6.07) is 3.83. The highest BCUT2D eigenvalue weighted by Crippen LogP contribution is 2.11. The topological polar surface area (TPSA) is 88.3 Å². The largest absolute Gasteiger partial charge is 0.468 e. The number of unbranched alkanes of at least 4 members (excludes halogenated alkanes) is 6. The van der Waals surface area contributed by atoms with Crippen LogP contribution in [0.5, 0.6) is 0 Å². The first kappa shape index (κ1) is 28.6. The predicted octanol–water partition coefficient (Wildman–Crippen LogP) is 4.91. The lowest BCUT2D eigenvalue weighted by molar-refractivity contribution is -0.140. The summed E-state index contributed by atoms with van der Waals surface area (Å²) in [4.78, 5) is 34.5. The van der Waals surface area contributed by atoms with Crippen molar-refractivity contribution in [1.29, 1.82) is 0 Å². The Hall–Kier alpha value is -2.63. The first-order valence-corrected chi connectivity index (χ1v) is 10.1. The fraction of sp³-hybridized carbons (Fsp3) is 0.522. The normalized spacial score (nSPS) is 9.07. The van der Waals surface area contributed by atoms with Crippen LogP contribution in [0.15, 0.2) is 37.4 Å². The van der Waals surface area contributed by atoms with E-state index in [1.54, 1.807) is 6.08 Å². The van der Waals surface area contributed by atoms with Gasteiger partial charge in [0.1, 0.15) is 6.54 Å². The zero-order valence-corrected chi connectivity index (χ0v) is 18.3. The number of esters is 1. The van der Waals surface area contributed by atoms with Crippen LogP contribution >= 0.6 is 0 Å². The lowest BCUT2D eigenvalue weighted by Gasteiger charge is -2.00. The maximum atomic E-state index is 11.8. The standard InChI is InChI=1S/C16H25NO.C4H7NO3.C3H6/c1-3-4-5-6-7-8-9-10-11-16(18)15-13-12-14(2)17-15;1-8-4(7)2-5-3-6;1-3-2/h3,12-13,17H,1,4-11H2,2H3;3H,2H2,1H3,(H,5,6);3H,1H2,2H3. The third kappa shape index (κ3) is 19.9. The van der Waals surface area contributed by atoms with Crippen molar-refractivity contribution < 1.29 is 19.1 Å². The smallest absolute Gasteiger partial charge is 0.325 e. The monoisotopic (exact) mass is 406 g/mol. The number of rotatable bonds is 13. The van der Waals surface area contributed by atoms with E-state index in [0.29, 0.717) is 12.8 Å². The summed E-state index contributed by atoms with van der Waals surface area (Å²) in [7, 11) is 1.26. The van der Waals surface area contributed by atoms with Gasteiger partial charge in [-0.05, 0) is 45.2 Å². The van der Waals surface area contributed by atoms with Crippen molar-refractivity contribution in [3.05, 3.63) is 48.8 Å². The van der Waals surface area contributed by atoms with Gasteiger partial charge in [-0.25, -0.2) is 0 Å². The molecule has 0 aromatic carbocycles. The second-order valence-electron chi connectivity index (χ2n) is 6.41. The van der Waals surface area contributed by atoms with E-state index < -0.39 is 5.97 Å². The van der Waals surface area contributed by atoms with E-state index in [1.807, 2.05) is 32.1 Å². The van der Waals surface area contributed by atoms with E-state index in [-0.39, 0.29) is 12.3 Å². The maximum absolute atomic E-state index is 11.8. The average molecular weight is 407 g/mol. The van der Waals surface area contributed by atoms with Crippen LogP contribution in [-0.4, -0.2) is 36.8 Å². The molecule has 1 heterocycles. The zero-order valence-electron chi connectivity index (χ0n) is 18.3. The Labute approximate surface area is 175 Å². The first-order valence-electron chi connectivity index (χ1n) is 10.1. The van der Waals surface area contributed by atoms with Crippen molar-refractivity contribution in [3.63, 3.8) is 0 Å². The van der Waals surface area contributed by atoms with Crippen molar-refractivity contribution in [1.82, 2.24) is 10.3 Å². The first-order chi connectivity index (χ1) is 14.0. The van der Waals surface area contributed by atoms with Crippen LogP contribution in [-0.2, 0) is 14.3 Å². The van der Waals surface area contributed by atoms with Crippen molar-refractivity contribution in [2.24, 2.45) is 0 Å². The number of methoxy groups -OCH3 is 1. The highest BCUT2D eigenvalue weighted by molar-refractivity contribution is 5.94. The van der Waals surface area contributed by atoms with Gasteiger partial charge in [0.05, 0.1) is 12.8 Å². The summed E-state index contributed by atoms with van der Waals surface area (Å²) in [5.74, 6) is -0.202. The number of hydrogen-bond donors (Lipinski definition) is 2. The number of Topliss-reactive ketones (excluding diaryl/α,β-unsaturated/α-hetero) is 1. The highest BCUT2D eigenvalue weighted by Gasteiger charge is 2.06. The minimum absolute atomic E-state index is 0.0556. The molecule has 0 atom stereocenters. The number of carbonyl (C=O) groups excluding carboxylic acids is 3. The van der Waals surface area contributed by atoms with Crippen molar-refractivity contribution in [2.45, 2.75) is 65.2 Å². The van der Waals surface area contributed by atoms with Gasteiger partial charge in [0.25, 0.3) is 0 Å². The number of amides is 1. The van der Waals surface area contributed by atoms with E-state index in [0.717, 1.165) is 24.2 Å². The Morgan fingerprint density at radius 2 is 1.69 bits per heavy atom. The SMILES string of the molecule is C=CC.C=CCCCCCCCCC(=O)c1ccc(C)[nH]1.COC(=O)CNC=O. The van der Waals surface area contributed by atoms with Crippen LogP contribution < -0.4 is 5.32 Å². The molecule has 0 aliphatic rings. The molecule has 1 aromatic heterocycles. The predicted molar refractivity (Wildman–Crippen MR) is 119 cm³/mol. The second kappa shape index (κ2) is 21.7. The van der Waals surface area contributed by atoms with Crippen molar-refractivity contribution in [2.75, 3.05) is 13.7 Å². The molecule has 0 aliphatic carbocycles. The van der Waals surface area contributed by atoms with Crippen LogP contribution in [0.3, 0.4) is 0 Å². The minimum atomic E-state index is -0.447. The van der Waals surface area contributed by atoms with Gasteiger partial charge in [-0.2, -0.15) is 0 Å². The van der Waals surface area contributed by atoms with Gasteiger partial charge < -0.3 is 15.0 Å². The fourth-order valence-electron chi connectivity index (χ4n) is 2.28. The third-order valence-electron chi connectivity index (χ3n) is 3.75. The molecule has 6 nitrogen and oxygen atoms in total. The summed E-state index contributed by atoms with van der Waals surface area (Å²) in [5, 5.41) is 2.14. The van der Waals surface area contributed by atoms with Gasteiger partial charge in [-0.15, -0.1) is 13.2 Å². The number of carbonyl (C=O) groups is 3. The van der Waals surface area contributed by atoms with Crippen molar-refractivity contribution in [3.8, 4) is 0 Å². The summed E-state index contributed by atoms with van der Waals surface area (Å²) < 4.78 is 4.19. The lowest BCUT2D eigenvalue weighted by atomic mass is 10.1. The summed E-state index contributed by atoms with van der Waals surface area (Å²) in [5.41, 5.74) is 1.82. The molecule has 0 spiro atoms. The molecule has 0 bridgehead atoms. The Bertz CT molecular complexity index is 579. The summed E-state index contributed by atoms with van der Waals surface area (Å²) in [6.07, 6.45) is 13.2. The molecular formula is C23H38N2O4. The number of aromatic nitrogens is 1. The van der Waals surface area contributed by atoms with Crippen LogP contribution in [0.4, 0.5) is 0 Å². The number of aromatic amines is 1. The number of allylic oxidation sites excluding steroid dienone is 2. The van der Waals surface area contributed by atoms with Crippen LogP contribution in [0.1, 0.15) is 74.5 Å². The number of ketones is 1. The van der Waals surface area contributed by atoms with Crippen molar-refractivity contribution >= 4 is 18.2 Å². The molecule has 0 fully saturated rings. The van der Waals surface area contributed by atoms with Crippen LogP contribution in [0.25, 0.3) is 0 Å². The zero-order chi connectivity index (χ0) is 22.3. The van der Waals surface area contributed by atoms with E-state index in [1.165, 1.54) is 39.2 Å². The van der Waals surface area contributed by atoms with Gasteiger partial charge in [-0.3, -0.25) is 14.4 Å². The molecule has 29 heavy (non-hydrogen) atoms. The molecule has 0 saturated heterocycles.